The summed E-state index contributed by atoms with van der Waals surface area (Å²) in [5.41, 5.74) is 4.53. The van der Waals surface area contributed by atoms with Crippen molar-refractivity contribution in [1.82, 2.24) is 15.0 Å². The molecule has 10 nitrogen and oxygen atoms in total. The van der Waals surface area contributed by atoms with Crippen LogP contribution in [0.4, 0.5) is 17.1 Å². The van der Waals surface area contributed by atoms with Gasteiger partial charge in [-0.25, -0.2) is 0 Å². The van der Waals surface area contributed by atoms with Crippen LogP contribution in [0.1, 0.15) is 15.9 Å². The van der Waals surface area contributed by atoms with Gasteiger partial charge >= 0.3 is 0 Å². The smallest absolute Gasteiger partial charge is 0.270 e. The summed E-state index contributed by atoms with van der Waals surface area (Å²) in [6.45, 7) is 4.28. The lowest BCUT2D eigenvalue weighted by atomic mass is 10.1. The molecule has 1 N–H and O–H groups in total. The standard InChI is InChI=1S/C24H22N6O4/c1-16-2-5-18(6-3-16)29-26-21-8-4-17(14-22(21)27-29)25-24(31)20-15-19(30(32)33)7-9-23(20)28-10-12-34-13-11-28/h2-9,14-15H,10-13H2,1H3,(H,25,31). The van der Waals surface area contributed by atoms with Crippen LogP contribution in [0.25, 0.3) is 16.7 Å². The van der Waals surface area contributed by atoms with Crippen molar-refractivity contribution in [3.8, 4) is 5.69 Å². The van der Waals surface area contributed by atoms with Gasteiger partial charge in [0.05, 0.1) is 35.1 Å². The van der Waals surface area contributed by atoms with Gasteiger partial charge in [0, 0.05) is 30.9 Å². The highest BCUT2D eigenvalue weighted by Crippen LogP contribution is 2.28. The highest BCUT2D eigenvalue weighted by molar-refractivity contribution is 6.09. The number of nitrogens with one attached hydrogen (secondary N) is 1. The molecule has 0 bridgehead atoms. The number of amides is 1. The zero-order valence-electron chi connectivity index (χ0n) is 18.5. The Morgan fingerprint density at radius 1 is 1.00 bits per heavy atom. The van der Waals surface area contributed by atoms with E-state index in [4.69, 9.17) is 4.74 Å². The lowest BCUT2D eigenvalue weighted by Crippen LogP contribution is -2.37. The third-order valence-corrected chi connectivity index (χ3v) is 5.69. The summed E-state index contributed by atoms with van der Waals surface area (Å²) in [5.74, 6) is -0.435. The van der Waals surface area contributed by atoms with Crippen molar-refractivity contribution in [3.05, 3.63) is 81.9 Å². The van der Waals surface area contributed by atoms with Crippen molar-refractivity contribution in [2.75, 3.05) is 36.5 Å². The number of morpholine rings is 1. The van der Waals surface area contributed by atoms with Gasteiger partial charge in [0.2, 0.25) is 0 Å². The van der Waals surface area contributed by atoms with Crippen molar-refractivity contribution in [1.29, 1.82) is 0 Å². The van der Waals surface area contributed by atoms with E-state index in [1.807, 2.05) is 36.1 Å². The van der Waals surface area contributed by atoms with E-state index in [0.717, 1.165) is 11.3 Å². The van der Waals surface area contributed by atoms with Gasteiger partial charge in [-0.3, -0.25) is 14.9 Å². The van der Waals surface area contributed by atoms with E-state index in [-0.39, 0.29) is 11.3 Å². The van der Waals surface area contributed by atoms with Crippen molar-refractivity contribution >= 4 is 34.0 Å². The van der Waals surface area contributed by atoms with Gasteiger partial charge in [-0.05, 0) is 43.3 Å². The molecule has 1 amide bonds. The molecule has 5 rings (SSSR count). The molecule has 0 aliphatic carbocycles. The number of nitro groups is 1. The van der Waals surface area contributed by atoms with Crippen molar-refractivity contribution < 1.29 is 14.5 Å². The number of fused-ring (bicyclic) bond motifs is 1. The fourth-order valence-electron chi connectivity index (χ4n) is 3.88. The van der Waals surface area contributed by atoms with E-state index in [2.05, 4.69) is 15.5 Å². The minimum absolute atomic E-state index is 0.140. The van der Waals surface area contributed by atoms with Gasteiger partial charge < -0.3 is 15.0 Å². The van der Waals surface area contributed by atoms with Gasteiger partial charge in [-0.1, -0.05) is 17.7 Å². The molecule has 4 aromatic rings. The highest BCUT2D eigenvalue weighted by Gasteiger charge is 2.22. The third kappa shape index (κ3) is 4.30. The highest BCUT2D eigenvalue weighted by atomic mass is 16.6. The summed E-state index contributed by atoms with van der Waals surface area (Å²) in [6.07, 6.45) is 0. The lowest BCUT2D eigenvalue weighted by Gasteiger charge is -2.30. The molecule has 0 spiro atoms. The Hall–Kier alpha value is -4.31. The summed E-state index contributed by atoms with van der Waals surface area (Å²) < 4.78 is 5.39. The van der Waals surface area contributed by atoms with Crippen LogP contribution in [0.2, 0.25) is 0 Å². The molecule has 0 radical (unpaired) electrons. The number of non-ortho nitro benzene ring substituents is 1. The second-order valence-electron chi connectivity index (χ2n) is 8.04. The van der Waals surface area contributed by atoms with E-state index in [0.29, 0.717) is 48.7 Å². The molecule has 1 fully saturated rings. The second kappa shape index (κ2) is 8.91. The van der Waals surface area contributed by atoms with E-state index in [9.17, 15) is 14.9 Å². The molecule has 34 heavy (non-hydrogen) atoms. The number of benzene rings is 3. The molecule has 1 aliphatic heterocycles. The predicted octanol–water partition coefficient (Wildman–Crippen LogP) is 3.73. The largest absolute Gasteiger partial charge is 0.378 e. The maximum Gasteiger partial charge on any atom is 0.270 e. The molecule has 10 heteroatoms. The predicted molar refractivity (Wildman–Crippen MR) is 128 cm³/mol. The van der Waals surface area contributed by atoms with E-state index in [1.54, 1.807) is 29.1 Å². The number of hydrogen-bond donors (Lipinski definition) is 1. The molecule has 0 saturated carbocycles. The summed E-state index contributed by atoms with van der Waals surface area (Å²) in [6, 6.07) is 17.4. The van der Waals surface area contributed by atoms with Crippen LogP contribution in [0.5, 0.6) is 0 Å². The minimum Gasteiger partial charge on any atom is -0.378 e. The fourth-order valence-corrected chi connectivity index (χ4v) is 3.88. The number of nitro benzene ring substituents is 1. The average molecular weight is 458 g/mol. The summed E-state index contributed by atoms with van der Waals surface area (Å²) in [7, 11) is 0. The molecule has 0 unspecified atom stereocenters. The molecule has 1 aliphatic rings. The van der Waals surface area contributed by atoms with Crippen LogP contribution >= 0.6 is 0 Å². The number of carbonyl (C=O) groups excluding carboxylic acids is 1. The first-order chi connectivity index (χ1) is 16.5. The molecule has 2 heterocycles. The minimum atomic E-state index is -0.505. The topological polar surface area (TPSA) is 115 Å². The van der Waals surface area contributed by atoms with E-state index in [1.165, 1.54) is 12.1 Å². The van der Waals surface area contributed by atoms with Crippen molar-refractivity contribution in [2.45, 2.75) is 6.92 Å². The number of aromatic nitrogens is 3. The van der Waals surface area contributed by atoms with Crippen molar-refractivity contribution in [2.24, 2.45) is 0 Å². The first-order valence-electron chi connectivity index (χ1n) is 10.8. The van der Waals surface area contributed by atoms with Gasteiger partial charge in [-0.15, -0.1) is 10.2 Å². The van der Waals surface area contributed by atoms with Crippen LogP contribution in [0.3, 0.4) is 0 Å². The third-order valence-electron chi connectivity index (χ3n) is 5.69. The number of ether oxygens (including phenoxy) is 1. The Balaban J connectivity index is 1.44. The lowest BCUT2D eigenvalue weighted by molar-refractivity contribution is -0.384. The zero-order valence-corrected chi connectivity index (χ0v) is 18.5. The fraction of sp³-hybridized carbons (Fsp3) is 0.208. The Morgan fingerprint density at radius 3 is 2.47 bits per heavy atom. The number of aryl methyl sites for hydroxylation is 1. The normalized spacial score (nSPS) is 13.7. The Bertz CT molecular complexity index is 1380. The molecular formula is C24H22N6O4. The molecule has 0 atom stereocenters. The monoisotopic (exact) mass is 458 g/mol. The maximum absolute atomic E-state index is 13.2. The van der Waals surface area contributed by atoms with Crippen LogP contribution < -0.4 is 10.2 Å². The van der Waals surface area contributed by atoms with E-state index < -0.39 is 10.8 Å². The summed E-state index contributed by atoms with van der Waals surface area (Å²) >= 11 is 0. The molecule has 1 saturated heterocycles. The van der Waals surface area contributed by atoms with Crippen LogP contribution in [0.15, 0.2) is 60.7 Å². The van der Waals surface area contributed by atoms with E-state index >= 15 is 0 Å². The summed E-state index contributed by atoms with van der Waals surface area (Å²) in [5, 5.41) is 23.2. The molecule has 1 aromatic heterocycles. The molecule has 172 valence electrons. The van der Waals surface area contributed by atoms with Gasteiger partial charge in [0.1, 0.15) is 11.0 Å². The van der Waals surface area contributed by atoms with Crippen LogP contribution in [-0.2, 0) is 4.74 Å². The molecular weight excluding hydrogens is 436 g/mol. The SMILES string of the molecule is Cc1ccc(-n2nc3ccc(NC(=O)c4cc([N+](=O)[O-])ccc4N4CCOCC4)cc3n2)cc1. The number of rotatable bonds is 5. The number of hydrogen-bond acceptors (Lipinski definition) is 7. The van der Waals surface area contributed by atoms with Crippen LogP contribution in [-0.4, -0.2) is 52.1 Å². The Morgan fingerprint density at radius 2 is 1.74 bits per heavy atom. The molecule has 3 aromatic carbocycles. The zero-order chi connectivity index (χ0) is 23.7. The first kappa shape index (κ1) is 21.5. The maximum atomic E-state index is 13.2. The van der Waals surface area contributed by atoms with Gasteiger partial charge in [0.15, 0.2) is 0 Å². The second-order valence-corrected chi connectivity index (χ2v) is 8.04. The average Bonchev–Trinajstić information content (AvgIpc) is 3.28. The van der Waals surface area contributed by atoms with Gasteiger partial charge in [-0.2, -0.15) is 4.80 Å². The number of anilines is 2. The van der Waals surface area contributed by atoms with Gasteiger partial charge in [0.25, 0.3) is 11.6 Å². The number of carbonyl (C=O) groups is 1. The van der Waals surface area contributed by atoms with Crippen molar-refractivity contribution in [3.63, 3.8) is 0 Å². The quantitative estimate of drug-likeness (QED) is 0.358. The van der Waals surface area contributed by atoms with Crippen LogP contribution in [0, 0.1) is 17.0 Å². The number of nitrogens with zero attached hydrogens (tertiary/aromatic N) is 5. The summed E-state index contributed by atoms with van der Waals surface area (Å²) in [4.78, 5) is 27.6. The Kier molecular flexibility index (Phi) is 5.64. The first-order valence-corrected chi connectivity index (χ1v) is 10.8. The Labute approximate surface area is 194 Å².